The minimum absolute atomic E-state index is 0.221. The van der Waals surface area contributed by atoms with Crippen LogP contribution >= 0.6 is 11.8 Å². The van der Waals surface area contributed by atoms with E-state index in [0.29, 0.717) is 5.69 Å². The van der Waals surface area contributed by atoms with Gasteiger partial charge in [0, 0.05) is 11.9 Å². The number of rotatable bonds is 7. The van der Waals surface area contributed by atoms with Crippen molar-refractivity contribution in [3.05, 3.63) is 78.0 Å². The first-order chi connectivity index (χ1) is 14.2. The zero-order valence-corrected chi connectivity index (χ0v) is 17.1. The first kappa shape index (κ1) is 19.2. The van der Waals surface area contributed by atoms with E-state index < -0.39 is 0 Å². The van der Waals surface area contributed by atoms with Crippen LogP contribution in [0.3, 0.4) is 0 Å². The van der Waals surface area contributed by atoms with Crippen LogP contribution in [0.2, 0.25) is 0 Å². The molecule has 7 nitrogen and oxygen atoms in total. The third-order valence-corrected chi connectivity index (χ3v) is 5.33. The lowest BCUT2D eigenvalue weighted by atomic mass is 10.2. The smallest absolute Gasteiger partial charge is 0.272 e. The Bertz CT molecular complexity index is 1120. The van der Waals surface area contributed by atoms with Crippen molar-refractivity contribution in [3.63, 3.8) is 0 Å². The average molecular weight is 407 g/mol. The molecule has 0 saturated carbocycles. The van der Waals surface area contributed by atoms with E-state index >= 15 is 0 Å². The van der Waals surface area contributed by atoms with Crippen molar-refractivity contribution in [3.8, 4) is 5.69 Å². The molecule has 4 rings (SSSR count). The maximum atomic E-state index is 13.0. The number of para-hydroxylation sites is 1. The Hall–Kier alpha value is -3.13. The Balaban J connectivity index is 1.60. The van der Waals surface area contributed by atoms with Crippen LogP contribution in [0.15, 0.2) is 60.8 Å². The predicted octanol–water partition coefficient (Wildman–Crippen LogP) is 3.45. The van der Waals surface area contributed by atoms with Gasteiger partial charge < -0.3 is 5.32 Å². The first-order valence-electron chi connectivity index (χ1n) is 9.39. The van der Waals surface area contributed by atoms with Crippen LogP contribution < -0.4 is 5.32 Å². The van der Waals surface area contributed by atoms with E-state index in [1.807, 2.05) is 72.3 Å². The van der Waals surface area contributed by atoms with E-state index in [4.69, 9.17) is 0 Å². The molecule has 0 fully saturated rings. The van der Waals surface area contributed by atoms with Crippen LogP contribution in [0.4, 0.5) is 0 Å². The number of nitrogens with one attached hydrogen (secondary N) is 1. The summed E-state index contributed by atoms with van der Waals surface area (Å²) in [4.78, 5) is 13.0. The molecule has 3 aromatic heterocycles. The molecule has 1 atom stereocenters. The molecule has 0 saturated heterocycles. The van der Waals surface area contributed by atoms with Gasteiger partial charge in [-0.1, -0.05) is 24.3 Å². The maximum Gasteiger partial charge on any atom is 0.272 e. The molecule has 148 valence electrons. The van der Waals surface area contributed by atoms with Gasteiger partial charge in [-0.15, -0.1) is 10.2 Å². The topological polar surface area (TPSA) is 77.1 Å². The quantitative estimate of drug-likeness (QED) is 0.509. The summed E-state index contributed by atoms with van der Waals surface area (Å²) in [5.74, 6) is 1.40. The third kappa shape index (κ3) is 4.02. The molecule has 0 aliphatic rings. The number of nitrogens with zero attached hydrogens (tertiary/aromatic N) is 5. The standard InChI is InChI=1S/C21H22N6OS/c1-15-14-18(25-27(15)16-8-4-3-5-9-16)21(28)22-17(11-13-29-2)20-24-23-19-10-6-7-12-26(19)20/h3-10,12,14,17H,11,13H2,1-2H3,(H,22,28). The number of fused-ring (bicyclic) bond motifs is 1. The lowest BCUT2D eigenvalue weighted by molar-refractivity contribution is 0.0928. The Morgan fingerprint density at radius 2 is 1.93 bits per heavy atom. The number of thioether (sulfide) groups is 1. The molecule has 1 amide bonds. The fraction of sp³-hybridized carbons (Fsp3) is 0.238. The normalized spacial score (nSPS) is 12.2. The highest BCUT2D eigenvalue weighted by atomic mass is 32.2. The zero-order valence-electron chi connectivity index (χ0n) is 16.3. The molecule has 0 aliphatic heterocycles. The summed E-state index contributed by atoms with van der Waals surface area (Å²) in [7, 11) is 0. The van der Waals surface area contributed by atoms with Crippen molar-refractivity contribution < 1.29 is 4.79 Å². The van der Waals surface area contributed by atoms with Crippen molar-refractivity contribution in [2.75, 3.05) is 12.0 Å². The molecule has 29 heavy (non-hydrogen) atoms. The van der Waals surface area contributed by atoms with Crippen LogP contribution in [0.5, 0.6) is 0 Å². The number of amides is 1. The second-order valence-corrected chi connectivity index (χ2v) is 7.70. The van der Waals surface area contributed by atoms with Crippen LogP contribution in [-0.2, 0) is 0 Å². The Labute approximate surface area is 173 Å². The van der Waals surface area contributed by atoms with Crippen LogP contribution in [-0.4, -0.2) is 42.3 Å². The van der Waals surface area contributed by atoms with Gasteiger partial charge >= 0.3 is 0 Å². The fourth-order valence-electron chi connectivity index (χ4n) is 3.25. The van der Waals surface area contributed by atoms with Crippen molar-refractivity contribution in [2.45, 2.75) is 19.4 Å². The Morgan fingerprint density at radius 3 is 2.72 bits per heavy atom. The molecule has 0 radical (unpaired) electrons. The summed E-state index contributed by atoms with van der Waals surface area (Å²) in [6.45, 7) is 1.94. The van der Waals surface area contributed by atoms with Gasteiger partial charge in [-0.05, 0) is 55.7 Å². The monoisotopic (exact) mass is 406 g/mol. The van der Waals surface area contributed by atoms with Crippen molar-refractivity contribution in [2.24, 2.45) is 0 Å². The third-order valence-electron chi connectivity index (χ3n) is 4.69. The maximum absolute atomic E-state index is 13.0. The minimum Gasteiger partial charge on any atom is -0.341 e. The highest BCUT2D eigenvalue weighted by molar-refractivity contribution is 7.98. The summed E-state index contributed by atoms with van der Waals surface area (Å²) in [5.41, 5.74) is 2.96. The Kier molecular flexibility index (Phi) is 5.62. The molecular weight excluding hydrogens is 384 g/mol. The van der Waals surface area contributed by atoms with Gasteiger partial charge in [0.15, 0.2) is 17.2 Å². The van der Waals surface area contributed by atoms with Gasteiger partial charge in [-0.3, -0.25) is 9.20 Å². The average Bonchev–Trinajstić information content (AvgIpc) is 3.35. The van der Waals surface area contributed by atoms with E-state index in [-0.39, 0.29) is 11.9 Å². The van der Waals surface area contributed by atoms with E-state index in [1.165, 1.54) is 0 Å². The summed E-state index contributed by atoms with van der Waals surface area (Å²) in [6, 6.07) is 17.1. The number of benzene rings is 1. The molecule has 0 bridgehead atoms. The number of aromatic nitrogens is 5. The molecule has 4 aromatic rings. The summed E-state index contributed by atoms with van der Waals surface area (Å²) < 4.78 is 3.69. The van der Waals surface area contributed by atoms with Crippen LogP contribution in [0.25, 0.3) is 11.3 Å². The van der Waals surface area contributed by atoms with E-state index in [9.17, 15) is 4.79 Å². The lowest BCUT2D eigenvalue weighted by Gasteiger charge is -2.16. The van der Waals surface area contributed by atoms with Gasteiger partial charge in [0.25, 0.3) is 5.91 Å². The van der Waals surface area contributed by atoms with Crippen LogP contribution in [0, 0.1) is 6.92 Å². The number of carbonyl (C=O) groups excluding carboxylic acids is 1. The van der Waals surface area contributed by atoms with Crippen molar-refractivity contribution >= 4 is 23.3 Å². The predicted molar refractivity (Wildman–Crippen MR) is 114 cm³/mol. The van der Waals surface area contributed by atoms with E-state index in [2.05, 4.69) is 20.6 Å². The van der Waals surface area contributed by atoms with Gasteiger partial charge in [0.1, 0.15) is 0 Å². The van der Waals surface area contributed by atoms with Gasteiger partial charge in [-0.2, -0.15) is 16.9 Å². The molecule has 3 heterocycles. The molecule has 0 spiro atoms. The summed E-state index contributed by atoms with van der Waals surface area (Å²) in [5, 5.41) is 16.2. The second kappa shape index (κ2) is 8.48. The number of hydrogen-bond donors (Lipinski definition) is 1. The molecule has 8 heteroatoms. The molecule has 0 aliphatic carbocycles. The number of aryl methyl sites for hydroxylation is 1. The summed E-state index contributed by atoms with van der Waals surface area (Å²) >= 11 is 1.73. The number of hydrogen-bond acceptors (Lipinski definition) is 5. The van der Waals surface area contributed by atoms with Crippen molar-refractivity contribution in [1.82, 2.24) is 29.7 Å². The highest BCUT2D eigenvalue weighted by Gasteiger charge is 2.22. The fourth-order valence-corrected chi connectivity index (χ4v) is 3.72. The zero-order chi connectivity index (χ0) is 20.2. The largest absolute Gasteiger partial charge is 0.341 e. The first-order valence-corrected chi connectivity index (χ1v) is 10.8. The van der Waals surface area contributed by atoms with Crippen molar-refractivity contribution in [1.29, 1.82) is 0 Å². The van der Waals surface area contributed by atoms with Crippen LogP contribution in [0.1, 0.15) is 34.5 Å². The minimum atomic E-state index is -0.255. The number of pyridine rings is 1. The summed E-state index contributed by atoms with van der Waals surface area (Å²) in [6.07, 6.45) is 4.71. The molecular formula is C21H22N6OS. The molecule has 1 N–H and O–H groups in total. The SMILES string of the molecule is CSCCC(NC(=O)c1cc(C)n(-c2ccccc2)n1)c1nnc2ccccn12. The molecule has 1 aromatic carbocycles. The van der Waals surface area contributed by atoms with E-state index in [1.54, 1.807) is 22.5 Å². The van der Waals surface area contributed by atoms with Gasteiger partial charge in [0.05, 0.1) is 11.7 Å². The highest BCUT2D eigenvalue weighted by Crippen LogP contribution is 2.19. The Morgan fingerprint density at radius 1 is 1.14 bits per heavy atom. The number of carbonyl (C=O) groups is 1. The van der Waals surface area contributed by atoms with Gasteiger partial charge in [-0.25, -0.2) is 4.68 Å². The lowest BCUT2D eigenvalue weighted by Crippen LogP contribution is -2.30. The van der Waals surface area contributed by atoms with E-state index in [0.717, 1.165) is 35.0 Å². The second-order valence-electron chi connectivity index (χ2n) is 6.71. The molecule has 1 unspecified atom stereocenters. The van der Waals surface area contributed by atoms with Gasteiger partial charge in [0.2, 0.25) is 0 Å².